The minimum Gasteiger partial charge on any atom is -0.381 e. The van der Waals surface area contributed by atoms with Gasteiger partial charge in [-0.2, -0.15) is 0 Å². The van der Waals surface area contributed by atoms with Gasteiger partial charge in [0, 0.05) is 30.8 Å². The molecule has 3 nitrogen and oxygen atoms in total. The lowest BCUT2D eigenvalue weighted by atomic mass is 10.1. The summed E-state index contributed by atoms with van der Waals surface area (Å²) in [7, 11) is 0. The summed E-state index contributed by atoms with van der Waals surface area (Å²) in [6.07, 6.45) is 3.26. The Morgan fingerprint density at radius 2 is 2.31 bits per heavy atom. The van der Waals surface area contributed by atoms with Crippen LogP contribution in [0.2, 0.25) is 0 Å². The molecule has 84 valence electrons. The Hall–Kier alpha value is -1.48. The van der Waals surface area contributed by atoms with Crippen LogP contribution >= 0.6 is 0 Å². The largest absolute Gasteiger partial charge is 0.381 e. The molecule has 1 fully saturated rings. The number of fused-ring (bicyclic) bond motifs is 1. The van der Waals surface area contributed by atoms with Crippen molar-refractivity contribution in [1.29, 1.82) is 0 Å². The van der Waals surface area contributed by atoms with Crippen molar-refractivity contribution >= 4 is 11.3 Å². The molecule has 2 aromatic heterocycles. The highest BCUT2D eigenvalue weighted by molar-refractivity contribution is 5.57. The summed E-state index contributed by atoms with van der Waals surface area (Å²) in [4.78, 5) is 0. The normalized spacial score (nSPS) is 20.4. The van der Waals surface area contributed by atoms with Gasteiger partial charge in [-0.05, 0) is 30.7 Å². The van der Waals surface area contributed by atoms with Crippen LogP contribution in [0, 0.1) is 5.92 Å². The molecule has 3 rings (SSSR count). The third-order valence-electron chi connectivity index (χ3n) is 3.16. The maximum absolute atomic E-state index is 5.37. The van der Waals surface area contributed by atoms with E-state index in [2.05, 4.69) is 46.2 Å². The van der Waals surface area contributed by atoms with Gasteiger partial charge in [-0.25, -0.2) is 0 Å². The molecule has 2 aromatic rings. The van der Waals surface area contributed by atoms with Crippen LogP contribution < -0.4 is 5.32 Å². The standard InChI is InChI=1S/C13H16N2O/c1-2-7-15-12(3-1)4-5-13(15)14-9-11-6-8-16-10-11/h1-5,7,11,14H,6,8-10H2. The zero-order valence-corrected chi connectivity index (χ0v) is 9.23. The fourth-order valence-electron chi connectivity index (χ4n) is 2.19. The first-order valence-corrected chi connectivity index (χ1v) is 5.81. The van der Waals surface area contributed by atoms with Crippen molar-refractivity contribution in [3.05, 3.63) is 36.5 Å². The molecular weight excluding hydrogens is 200 g/mol. The molecule has 1 aliphatic rings. The van der Waals surface area contributed by atoms with E-state index in [1.165, 1.54) is 17.8 Å². The Morgan fingerprint density at radius 3 is 3.19 bits per heavy atom. The van der Waals surface area contributed by atoms with Gasteiger partial charge in [-0.3, -0.25) is 0 Å². The summed E-state index contributed by atoms with van der Waals surface area (Å²) in [5.74, 6) is 1.83. The van der Waals surface area contributed by atoms with E-state index in [1.54, 1.807) is 0 Å². The summed E-state index contributed by atoms with van der Waals surface area (Å²) >= 11 is 0. The summed E-state index contributed by atoms with van der Waals surface area (Å²) in [6, 6.07) is 10.5. The number of anilines is 1. The molecule has 1 atom stereocenters. The third kappa shape index (κ3) is 1.78. The predicted octanol–water partition coefficient (Wildman–Crippen LogP) is 2.39. The fraction of sp³-hybridized carbons (Fsp3) is 0.385. The summed E-state index contributed by atoms with van der Waals surface area (Å²) in [6.45, 7) is 2.82. The molecular formula is C13H16N2O. The Kier molecular flexibility index (Phi) is 2.54. The molecule has 1 saturated heterocycles. The predicted molar refractivity (Wildman–Crippen MR) is 64.8 cm³/mol. The van der Waals surface area contributed by atoms with Crippen molar-refractivity contribution in [3.63, 3.8) is 0 Å². The van der Waals surface area contributed by atoms with Crippen LogP contribution in [0.1, 0.15) is 6.42 Å². The highest BCUT2D eigenvalue weighted by Gasteiger charge is 2.15. The van der Waals surface area contributed by atoms with Gasteiger partial charge < -0.3 is 14.5 Å². The number of hydrogen-bond donors (Lipinski definition) is 1. The van der Waals surface area contributed by atoms with Crippen molar-refractivity contribution in [1.82, 2.24) is 4.40 Å². The number of pyridine rings is 1. The number of nitrogens with one attached hydrogen (secondary N) is 1. The van der Waals surface area contributed by atoms with Crippen molar-refractivity contribution in [2.24, 2.45) is 5.92 Å². The average Bonchev–Trinajstić information content (AvgIpc) is 2.96. The van der Waals surface area contributed by atoms with E-state index in [1.807, 2.05) is 0 Å². The Morgan fingerprint density at radius 1 is 1.31 bits per heavy atom. The molecule has 0 bridgehead atoms. The molecule has 0 radical (unpaired) electrons. The fourth-order valence-corrected chi connectivity index (χ4v) is 2.19. The first-order chi connectivity index (χ1) is 7.93. The van der Waals surface area contributed by atoms with Gasteiger partial charge in [0.15, 0.2) is 0 Å². The highest BCUT2D eigenvalue weighted by Crippen LogP contribution is 2.17. The zero-order chi connectivity index (χ0) is 10.8. The molecule has 0 aliphatic carbocycles. The van der Waals surface area contributed by atoms with Crippen LogP contribution in [-0.4, -0.2) is 24.2 Å². The molecule has 3 heterocycles. The number of hydrogen-bond acceptors (Lipinski definition) is 2. The topological polar surface area (TPSA) is 25.7 Å². The van der Waals surface area contributed by atoms with Gasteiger partial charge >= 0.3 is 0 Å². The van der Waals surface area contributed by atoms with Gasteiger partial charge in [-0.15, -0.1) is 0 Å². The van der Waals surface area contributed by atoms with Crippen LogP contribution in [0.15, 0.2) is 36.5 Å². The Bertz CT molecular complexity index is 471. The quantitative estimate of drug-likeness (QED) is 0.852. The summed E-state index contributed by atoms with van der Waals surface area (Å²) in [5.41, 5.74) is 1.23. The molecule has 3 heteroatoms. The van der Waals surface area contributed by atoms with Gasteiger partial charge in [0.25, 0.3) is 0 Å². The maximum atomic E-state index is 5.37. The van der Waals surface area contributed by atoms with E-state index >= 15 is 0 Å². The van der Waals surface area contributed by atoms with Crippen LogP contribution in [-0.2, 0) is 4.74 Å². The van der Waals surface area contributed by atoms with Crippen LogP contribution in [0.3, 0.4) is 0 Å². The molecule has 1 N–H and O–H groups in total. The summed E-state index contributed by atoms with van der Waals surface area (Å²) < 4.78 is 7.54. The molecule has 16 heavy (non-hydrogen) atoms. The first kappa shape index (κ1) is 9.73. The minimum absolute atomic E-state index is 0.661. The van der Waals surface area contributed by atoms with Crippen molar-refractivity contribution in [3.8, 4) is 0 Å². The number of aromatic nitrogens is 1. The van der Waals surface area contributed by atoms with E-state index in [4.69, 9.17) is 4.74 Å². The zero-order valence-electron chi connectivity index (χ0n) is 9.23. The number of ether oxygens (including phenoxy) is 1. The average molecular weight is 216 g/mol. The van der Waals surface area contributed by atoms with Gasteiger partial charge in [0.05, 0.1) is 6.61 Å². The monoisotopic (exact) mass is 216 g/mol. The Balaban J connectivity index is 1.73. The van der Waals surface area contributed by atoms with E-state index in [-0.39, 0.29) is 0 Å². The third-order valence-corrected chi connectivity index (χ3v) is 3.16. The van der Waals surface area contributed by atoms with Crippen molar-refractivity contribution < 1.29 is 4.74 Å². The van der Waals surface area contributed by atoms with Gasteiger partial charge in [0.2, 0.25) is 0 Å². The second-order valence-corrected chi connectivity index (χ2v) is 4.32. The molecule has 1 aliphatic heterocycles. The van der Waals surface area contributed by atoms with Crippen LogP contribution in [0.4, 0.5) is 5.82 Å². The van der Waals surface area contributed by atoms with E-state index < -0.39 is 0 Å². The van der Waals surface area contributed by atoms with Crippen molar-refractivity contribution in [2.75, 3.05) is 25.1 Å². The van der Waals surface area contributed by atoms with Gasteiger partial charge in [-0.1, -0.05) is 6.07 Å². The second kappa shape index (κ2) is 4.18. The maximum Gasteiger partial charge on any atom is 0.110 e. The molecule has 0 spiro atoms. The van der Waals surface area contributed by atoms with E-state index in [0.717, 1.165) is 19.8 Å². The first-order valence-electron chi connectivity index (χ1n) is 5.81. The van der Waals surface area contributed by atoms with E-state index in [9.17, 15) is 0 Å². The Labute approximate surface area is 95.0 Å². The lowest BCUT2D eigenvalue weighted by molar-refractivity contribution is 0.187. The number of rotatable bonds is 3. The molecule has 1 unspecified atom stereocenters. The van der Waals surface area contributed by atoms with Gasteiger partial charge in [0.1, 0.15) is 5.82 Å². The second-order valence-electron chi connectivity index (χ2n) is 4.32. The molecule has 0 aromatic carbocycles. The SMILES string of the molecule is c1ccn2c(NCC3CCOC3)ccc2c1. The van der Waals surface area contributed by atoms with Crippen LogP contribution in [0.25, 0.3) is 5.52 Å². The van der Waals surface area contributed by atoms with Crippen molar-refractivity contribution in [2.45, 2.75) is 6.42 Å². The van der Waals surface area contributed by atoms with Crippen LogP contribution in [0.5, 0.6) is 0 Å². The summed E-state index contributed by atoms with van der Waals surface area (Å²) in [5, 5.41) is 3.49. The molecule has 0 amide bonds. The smallest absolute Gasteiger partial charge is 0.110 e. The number of nitrogens with zero attached hydrogens (tertiary/aromatic N) is 1. The lowest BCUT2D eigenvalue weighted by Gasteiger charge is -2.10. The lowest BCUT2D eigenvalue weighted by Crippen LogP contribution is -2.14. The highest BCUT2D eigenvalue weighted by atomic mass is 16.5. The minimum atomic E-state index is 0.661. The molecule has 0 saturated carbocycles. The van der Waals surface area contributed by atoms with E-state index in [0.29, 0.717) is 5.92 Å².